The molecular formula is C28H38O10. The molecule has 10 nitrogen and oxygen atoms in total. The average Bonchev–Trinajstić information content (AvgIpc) is 2.99. The van der Waals surface area contributed by atoms with Gasteiger partial charge in [-0.1, -0.05) is 20.4 Å². The highest BCUT2D eigenvalue weighted by atomic mass is 16.6. The number of hydrogen-bond acceptors (Lipinski definition) is 10. The number of cyclic esters (lactones) is 1. The Bertz CT molecular complexity index is 1060. The van der Waals surface area contributed by atoms with E-state index in [4.69, 9.17) is 23.7 Å². The van der Waals surface area contributed by atoms with Crippen molar-refractivity contribution in [2.24, 2.45) is 34.0 Å². The Balaban J connectivity index is 2.00. The van der Waals surface area contributed by atoms with E-state index in [1.54, 1.807) is 0 Å². The van der Waals surface area contributed by atoms with Gasteiger partial charge in [-0.25, -0.2) is 0 Å². The Morgan fingerprint density at radius 1 is 0.974 bits per heavy atom. The summed E-state index contributed by atoms with van der Waals surface area (Å²) >= 11 is 0. The first-order valence-corrected chi connectivity index (χ1v) is 13.2. The van der Waals surface area contributed by atoms with Gasteiger partial charge >= 0.3 is 29.8 Å². The molecule has 0 unspecified atom stereocenters. The topological polar surface area (TPSA) is 132 Å². The number of esters is 5. The van der Waals surface area contributed by atoms with Gasteiger partial charge in [0.15, 0.2) is 0 Å². The van der Waals surface area contributed by atoms with Crippen LogP contribution in [0.4, 0.5) is 0 Å². The molecular weight excluding hydrogens is 496 g/mol. The minimum absolute atomic E-state index is 0.0143. The quantitative estimate of drug-likeness (QED) is 0.295. The second-order valence-electron chi connectivity index (χ2n) is 12.0. The third-order valence-electron chi connectivity index (χ3n) is 9.37. The molecule has 0 radical (unpaired) electrons. The van der Waals surface area contributed by atoms with Crippen molar-refractivity contribution in [1.29, 1.82) is 0 Å². The molecule has 4 aliphatic rings. The molecule has 1 saturated heterocycles. The fourth-order valence-corrected chi connectivity index (χ4v) is 8.16. The molecule has 1 aliphatic heterocycles. The number of ether oxygens (including phenoxy) is 5. The van der Waals surface area contributed by atoms with E-state index < -0.39 is 76.2 Å². The zero-order valence-corrected chi connectivity index (χ0v) is 23.0. The van der Waals surface area contributed by atoms with Crippen molar-refractivity contribution >= 4 is 29.8 Å². The van der Waals surface area contributed by atoms with E-state index >= 15 is 0 Å². The van der Waals surface area contributed by atoms with Gasteiger partial charge in [-0.2, -0.15) is 0 Å². The first-order chi connectivity index (χ1) is 17.7. The molecule has 10 heteroatoms. The minimum atomic E-state index is -1.41. The minimum Gasteiger partial charge on any atom is -0.466 e. The van der Waals surface area contributed by atoms with E-state index in [1.165, 1.54) is 27.7 Å². The summed E-state index contributed by atoms with van der Waals surface area (Å²) in [6.45, 7) is 13.3. The van der Waals surface area contributed by atoms with Crippen LogP contribution in [0.5, 0.6) is 0 Å². The first-order valence-electron chi connectivity index (χ1n) is 13.2. The fourth-order valence-electron chi connectivity index (χ4n) is 8.16. The van der Waals surface area contributed by atoms with Crippen LogP contribution in [0.15, 0.2) is 12.2 Å². The summed E-state index contributed by atoms with van der Waals surface area (Å²) in [5.74, 6) is -4.10. The van der Waals surface area contributed by atoms with Gasteiger partial charge in [-0.05, 0) is 42.6 Å². The predicted octanol–water partition coefficient (Wildman–Crippen LogP) is 2.91. The molecule has 3 aliphatic carbocycles. The molecule has 4 rings (SSSR count). The largest absolute Gasteiger partial charge is 0.466 e. The molecule has 210 valence electrons. The van der Waals surface area contributed by atoms with Crippen LogP contribution in [0.3, 0.4) is 0 Å². The molecule has 0 aromatic rings. The standard InChI is InChI=1S/C28H38O10/c1-14-19-10-20(36-16(3)30)23-27(11-19,24(14)38-18(5)32)25(33)35-13-28(23)21(12-34-15(2)29)26(6,7)9-8-22(28)37-17(4)31/h19-24H,1,8-13H2,2-7H3/t19-,20+,21-,22+,23-,24-,27+,28+/m1/s1. The van der Waals surface area contributed by atoms with E-state index in [2.05, 4.69) is 6.58 Å². The summed E-state index contributed by atoms with van der Waals surface area (Å²) in [6.07, 6.45) is -0.743. The molecule has 1 heterocycles. The number of rotatable bonds is 5. The van der Waals surface area contributed by atoms with Crippen LogP contribution in [0, 0.1) is 34.0 Å². The Labute approximate surface area is 222 Å². The van der Waals surface area contributed by atoms with E-state index in [-0.39, 0.29) is 19.1 Å². The van der Waals surface area contributed by atoms with Crippen LogP contribution >= 0.6 is 0 Å². The van der Waals surface area contributed by atoms with Gasteiger partial charge in [0.2, 0.25) is 0 Å². The lowest BCUT2D eigenvalue weighted by Gasteiger charge is -2.64. The molecule has 4 fully saturated rings. The second-order valence-corrected chi connectivity index (χ2v) is 12.0. The third kappa shape index (κ3) is 4.29. The smallest absolute Gasteiger partial charge is 0.316 e. The first kappa shape index (κ1) is 28.1. The van der Waals surface area contributed by atoms with Crippen molar-refractivity contribution in [3.63, 3.8) is 0 Å². The molecule has 0 amide bonds. The molecule has 0 aromatic heterocycles. The number of hydrogen-bond donors (Lipinski definition) is 0. The number of carbonyl (C=O) groups is 5. The maximum absolute atomic E-state index is 13.9. The average molecular weight is 535 g/mol. The molecule has 0 N–H and O–H groups in total. The summed E-state index contributed by atoms with van der Waals surface area (Å²) in [7, 11) is 0. The van der Waals surface area contributed by atoms with Gasteiger partial charge < -0.3 is 23.7 Å². The van der Waals surface area contributed by atoms with Crippen LogP contribution in [0.25, 0.3) is 0 Å². The van der Waals surface area contributed by atoms with E-state index in [9.17, 15) is 24.0 Å². The molecule has 38 heavy (non-hydrogen) atoms. The maximum Gasteiger partial charge on any atom is 0.316 e. The summed E-state index contributed by atoms with van der Waals surface area (Å²) in [4.78, 5) is 62.9. The van der Waals surface area contributed by atoms with E-state index in [1.807, 2.05) is 13.8 Å². The van der Waals surface area contributed by atoms with Crippen LogP contribution in [-0.2, 0) is 47.7 Å². The predicted molar refractivity (Wildman–Crippen MR) is 131 cm³/mol. The van der Waals surface area contributed by atoms with Crippen molar-refractivity contribution < 1.29 is 47.7 Å². The Hall–Kier alpha value is -2.91. The van der Waals surface area contributed by atoms with Gasteiger partial charge in [0.25, 0.3) is 0 Å². The van der Waals surface area contributed by atoms with Crippen LogP contribution in [-0.4, -0.2) is 61.4 Å². The monoisotopic (exact) mass is 534 g/mol. The van der Waals surface area contributed by atoms with Crippen molar-refractivity contribution in [1.82, 2.24) is 0 Å². The lowest BCUT2D eigenvalue weighted by Crippen LogP contribution is -2.72. The zero-order chi connectivity index (χ0) is 28.2. The lowest BCUT2D eigenvalue weighted by atomic mass is 9.43. The van der Waals surface area contributed by atoms with E-state index in [0.717, 1.165) is 0 Å². The summed E-state index contributed by atoms with van der Waals surface area (Å²) < 4.78 is 29.2. The Morgan fingerprint density at radius 3 is 2.18 bits per heavy atom. The van der Waals surface area contributed by atoms with Gasteiger partial charge in [-0.3, -0.25) is 24.0 Å². The summed E-state index contributed by atoms with van der Waals surface area (Å²) in [6, 6.07) is 0. The highest BCUT2D eigenvalue weighted by Crippen LogP contribution is 2.70. The van der Waals surface area contributed by atoms with Crippen LogP contribution < -0.4 is 0 Å². The Morgan fingerprint density at radius 2 is 1.61 bits per heavy atom. The van der Waals surface area contributed by atoms with Gasteiger partial charge in [0.05, 0.1) is 12.0 Å². The normalized spacial score (nSPS) is 39.0. The van der Waals surface area contributed by atoms with Gasteiger partial charge in [0, 0.05) is 39.5 Å². The third-order valence-corrected chi connectivity index (χ3v) is 9.37. The SMILES string of the molecule is C=C1[C@@H]2C[C@H](OC(C)=O)[C@@H]3[C@](C2)(C(=O)OC[C@]32[C@@H](OC(C)=O)CCC(C)(C)[C@H]2COC(C)=O)[C@@H]1OC(C)=O. The highest BCUT2D eigenvalue weighted by molar-refractivity contribution is 5.83. The van der Waals surface area contributed by atoms with Crippen LogP contribution in [0.1, 0.15) is 67.2 Å². The Kier molecular flexibility index (Phi) is 7.16. The maximum atomic E-state index is 13.9. The summed E-state index contributed by atoms with van der Waals surface area (Å²) in [5.41, 5.74) is -2.39. The van der Waals surface area contributed by atoms with Gasteiger partial charge in [0.1, 0.15) is 30.3 Å². The second kappa shape index (κ2) is 9.68. The zero-order valence-electron chi connectivity index (χ0n) is 23.0. The van der Waals surface area contributed by atoms with Crippen molar-refractivity contribution in [2.75, 3.05) is 13.2 Å². The van der Waals surface area contributed by atoms with Crippen molar-refractivity contribution in [3.8, 4) is 0 Å². The highest BCUT2D eigenvalue weighted by Gasteiger charge is 2.78. The van der Waals surface area contributed by atoms with Crippen LogP contribution in [0.2, 0.25) is 0 Å². The fraction of sp³-hybridized carbons (Fsp3) is 0.750. The number of fused-ring (bicyclic) bond motifs is 2. The molecule has 0 aromatic carbocycles. The number of carbonyl (C=O) groups excluding carboxylic acids is 5. The molecule has 8 atom stereocenters. The molecule has 2 spiro atoms. The van der Waals surface area contributed by atoms with E-state index in [0.29, 0.717) is 31.3 Å². The summed E-state index contributed by atoms with van der Waals surface area (Å²) in [5, 5.41) is 0. The lowest BCUT2D eigenvalue weighted by molar-refractivity contribution is -0.278. The molecule has 3 saturated carbocycles. The van der Waals surface area contributed by atoms with Crippen molar-refractivity contribution in [3.05, 3.63) is 12.2 Å². The molecule has 2 bridgehead atoms. The van der Waals surface area contributed by atoms with Crippen molar-refractivity contribution in [2.45, 2.75) is 85.5 Å². The van der Waals surface area contributed by atoms with Gasteiger partial charge in [-0.15, -0.1) is 0 Å².